The van der Waals surface area contributed by atoms with Gasteiger partial charge in [-0.15, -0.1) is 0 Å². The van der Waals surface area contributed by atoms with E-state index in [1.165, 1.54) is 16.8 Å². The van der Waals surface area contributed by atoms with Crippen molar-refractivity contribution in [3.63, 3.8) is 0 Å². The van der Waals surface area contributed by atoms with Gasteiger partial charge in [0.2, 0.25) is 0 Å². The van der Waals surface area contributed by atoms with Gasteiger partial charge in [-0.3, -0.25) is 9.36 Å². The lowest BCUT2D eigenvalue weighted by atomic mass is 10.1. The minimum Gasteiger partial charge on any atom is -0.357 e. The molecule has 2 rings (SSSR count). The van der Waals surface area contributed by atoms with E-state index in [2.05, 4.69) is 68.3 Å². The Morgan fingerprint density at radius 3 is 2.46 bits per heavy atom. The summed E-state index contributed by atoms with van der Waals surface area (Å²) in [6.07, 6.45) is 4.01. The van der Waals surface area contributed by atoms with Crippen molar-refractivity contribution in [2.24, 2.45) is 19.1 Å². The summed E-state index contributed by atoms with van der Waals surface area (Å²) in [7, 11) is 6.09. The molecule has 2 heterocycles. The van der Waals surface area contributed by atoms with Crippen molar-refractivity contribution in [3.8, 4) is 0 Å². The smallest absolute Gasteiger partial charge is 0.194 e. The lowest BCUT2D eigenvalue weighted by molar-refractivity contribution is 0.473. The standard InChI is InChI=1S/C21H37N7/c1-9-18-17(19(10-2)28(8)24-18)12-23-21(22-11-3)26(6)13-16-14-27(7)25-20(16)15(4)5/h14-15H,9-13H2,1-8H3,(H,22,23). The molecular weight excluding hydrogens is 350 g/mol. The molecule has 0 bridgehead atoms. The molecule has 156 valence electrons. The van der Waals surface area contributed by atoms with Gasteiger partial charge in [0.25, 0.3) is 0 Å². The van der Waals surface area contributed by atoms with Crippen LogP contribution in [0.15, 0.2) is 11.2 Å². The fourth-order valence-electron chi connectivity index (χ4n) is 3.69. The van der Waals surface area contributed by atoms with Gasteiger partial charge < -0.3 is 10.2 Å². The molecule has 0 unspecified atom stereocenters. The van der Waals surface area contributed by atoms with Crippen LogP contribution in [-0.4, -0.2) is 44.0 Å². The minimum atomic E-state index is 0.402. The fraction of sp³-hybridized carbons (Fsp3) is 0.667. The highest BCUT2D eigenvalue weighted by Crippen LogP contribution is 2.19. The van der Waals surface area contributed by atoms with Crippen LogP contribution in [-0.2, 0) is 40.0 Å². The Balaban J connectivity index is 2.25. The first-order valence-electron chi connectivity index (χ1n) is 10.4. The summed E-state index contributed by atoms with van der Waals surface area (Å²) in [6, 6.07) is 0. The zero-order valence-electron chi connectivity index (χ0n) is 18.9. The van der Waals surface area contributed by atoms with E-state index < -0.39 is 0 Å². The summed E-state index contributed by atoms with van der Waals surface area (Å²) < 4.78 is 3.91. The quantitative estimate of drug-likeness (QED) is 0.559. The Hall–Kier alpha value is -2.31. The van der Waals surface area contributed by atoms with Gasteiger partial charge >= 0.3 is 0 Å². The molecule has 0 aromatic carbocycles. The van der Waals surface area contributed by atoms with Crippen LogP contribution in [0.2, 0.25) is 0 Å². The average molecular weight is 388 g/mol. The third-order valence-corrected chi connectivity index (χ3v) is 5.00. The first-order valence-corrected chi connectivity index (χ1v) is 10.4. The van der Waals surface area contributed by atoms with Crippen molar-refractivity contribution in [3.05, 3.63) is 34.4 Å². The Labute approximate surface area is 169 Å². The molecule has 7 heteroatoms. The van der Waals surface area contributed by atoms with E-state index in [4.69, 9.17) is 4.99 Å². The minimum absolute atomic E-state index is 0.402. The third kappa shape index (κ3) is 4.94. The summed E-state index contributed by atoms with van der Waals surface area (Å²) in [5.74, 6) is 1.31. The number of aromatic nitrogens is 4. The zero-order valence-corrected chi connectivity index (χ0v) is 18.9. The Bertz CT molecular complexity index is 798. The largest absolute Gasteiger partial charge is 0.357 e. The van der Waals surface area contributed by atoms with Crippen LogP contribution in [0.4, 0.5) is 0 Å². The highest BCUT2D eigenvalue weighted by Gasteiger charge is 2.17. The number of hydrogen-bond donors (Lipinski definition) is 1. The molecule has 0 amide bonds. The van der Waals surface area contributed by atoms with Crippen LogP contribution in [0, 0.1) is 0 Å². The first-order chi connectivity index (χ1) is 13.3. The fourth-order valence-corrected chi connectivity index (χ4v) is 3.69. The van der Waals surface area contributed by atoms with Crippen LogP contribution in [0.1, 0.15) is 68.7 Å². The van der Waals surface area contributed by atoms with Gasteiger partial charge in [-0.1, -0.05) is 27.7 Å². The molecule has 0 aliphatic carbocycles. The van der Waals surface area contributed by atoms with Crippen molar-refractivity contribution in [1.29, 1.82) is 0 Å². The third-order valence-electron chi connectivity index (χ3n) is 5.00. The molecular formula is C21H37N7. The molecule has 0 radical (unpaired) electrons. The van der Waals surface area contributed by atoms with Crippen LogP contribution < -0.4 is 5.32 Å². The predicted octanol–water partition coefficient (Wildman–Crippen LogP) is 3.00. The van der Waals surface area contributed by atoms with Gasteiger partial charge in [0, 0.05) is 57.3 Å². The Morgan fingerprint density at radius 1 is 1.18 bits per heavy atom. The molecule has 0 saturated carbocycles. The van der Waals surface area contributed by atoms with E-state index in [-0.39, 0.29) is 0 Å². The van der Waals surface area contributed by atoms with Crippen molar-refractivity contribution in [2.45, 2.75) is 66.5 Å². The molecule has 2 aromatic rings. The SMILES string of the molecule is CCNC(=NCc1c(CC)nn(C)c1CC)N(C)Cc1cn(C)nc1C(C)C. The molecule has 0 aliphatic heterocycles. The predicted molar refractivity (Wildman–Crippen MR) is 116 cm³/mol. The van der Waals surface area contributed by atoms with E-state index in [1.54, 1.807) is 0 Å². The van der Waals surface area contributed by atoms with Crippen molar-refractivity contribution < 1.29 is 0 Å². The number of aliphatic imine (C=N–C) groups is 1. The number of nitrogens with zero attached hydrogens (tertiary/aromatic N) is 6. The van der Waals surface area contributed by atoms with Crippen LogP contribution >= 0.6 is 0 Å². The Morgan fingerprint density at radius 2 is 1.89 bits per heavy atom. The molecule has 0 atom stereocenters. The molecule has 0 aliphatic rings. The highest BCUT2D eigenvalue weighted by atomic mass is 15.3. The number of guanidine groups is 1. The van der Waals surface area contributed by atoms with Crippen LogP contribution in [0.25, 0.3) is 0 Å². The molecule has 28 heavy (non-hydrogen) atoms. The van der Waals surface area contributed by atoms with E-state index in [1.807, 2.05) is 23.5 Å². The summed E-state index contributed by atoms with van der Waals surface area (Å²) in [5, 5.41) is 12.7. The van der Waals surface area contributed by atoms with Gasteiger partial charge in [-0.05, 0) is 25.7 Å². The van der Waals surface area contributed by atoms with Crippen LogP contribution in [0.5, 0.6) is 0 Å². The molecule has 7 nitrogen and oxygen atoms in total. The van der Waals surface area contributed by atoms with Gasteiger partial charge in [-0.25, -0.2) is 4.99 Å². The van der Waals surface area contributed by atoms with Gasteiger partial charge in [0.15, 0.2) is 5.96 Å². The van der Waals surface area contributed by atoms with Gasteiger partial charge in [0.1, 0.15) is 0 Å². The summed E-state index contributed by atoms with van der Waals surface area (Å²) in [4.78, 5) is 7.12. The second kappa shape index (κ2) is 9.75. The maximum Gasteiger partial charge on any atom is 0.194 e. The number of nitrogens with one attached hydrogen (secondary N) is 1. The monoisotopic (exact) mass is 387 g/mol. The molecule has 0 spiro atoms. The summed E-state index contributed by atoms with van der Waals surface area (Å²) >= 11 is 0. The molecule has 1 N–H and O–H groups in total. The first kappa shape index (κ1) is 22.0. The highest BCUT2D eigenvalue weighted by molar-refractivity contribution is 5.79. The molecule has 2 aromatic heterocycles. The molecule has 0 saturated heterocycles. The second-order valence-electron chi connectivity index (χ2n) is 7.60. The lowest BCUT2D eigenvalue weighted by Crippen LogP contribution is -2.38. The number of aryl methyl sites for hydroxylation is 3. The molecule has 0 fully saturated rings. The number of hydrogen-bond acceptors (Lipinski definition) is 3. The Kier molecular flexibility index (Phi) is 7.66. The van der Waals surface area contributed by atoms with E-state index >= 15 is 0 Å². The van der Waals surface area contributed by atoms with Crippen molar-refractivity contribution >= 4 is 5.96 Å². The van der Waals surface area contributed by atoms with Gasteiger partial charge in [0.05, 0.1) is 17.9 Å². The summed E-state index contributed by atoms with van der Waals surface area (Å²) in [6.45, 7) is 13.1. The van der Waals surface area contributed by atoms with Crippen molar-refractivity contribution in [2.75, 3.05) is 13.6 Å². The zero-order chi connectivity index (χ0) is 20.8. The van der Waals surface area contributed by atoms with Gasteiger partial charge in [-0.2, -0.15) is 10.2 Å². The maximum absolute atomic E-state index is 4.94. The topological polar surface area (TPSA) is 63.3 Å². The van der Waals surface area contributed by atoms with E-state index in [9.17, 15) is 0 Å². The average Bonchev–Trinajstić information content (AvgIpc) is 3.17. The van der Waals surface area contributed by atoms with Crippen molar-refractivity contribution in [1.82, 2.24) is 29.8 Å². The van der Waals surface area contributed by atoms with E-state index in [0.717, 1.165) is 43.3 Å². The summed E-state index contributed by atoms with van der Waals surface area (Å²) in [5.41, 5.74) is 6.08. The number of rotatable bonds is 8. The maximum atomic E-state index is 4.94. The van der Waals surface area contributed by atoms with Crippen LogP contribution in [0.3, 0.4) is 0 Å². The normalized spacial score (nSPS) is 12.1. The lowest BCUT2D eigenvalue weighted by Gasteiger charge is -2.22. The van der Waals surface area contributed by atoms with E-state index in [0.29, 0.717) is 12.5 Å². The second-order valence-corrected chi connectivity index (χ2v) is 7.60.